The second kappa shape index (κ2) is 9.67. The summed E-state index contributed by atoms with van der Waals surface area (Å²) in [6.45, 7) is 3.48. The van der Waals surface area contributed by atoms with Crippen molar-refractivity contribution in [1.82, 2.24) is 24.5 Å². The van der Waals surface area contributed by atoms with Gasteiger partial charge in [-0.1, -0.05) is 12.1 Å². The SMILES string of the molecule is NC(=O)N(c1ccc(-c2c(CN3CCOCC3)cn3ncnc(N)c23)cc1)c1cc(C(F)(F)F)ccn1. The van der Waals surface area contributed by atoms with E-state index in [-0.39, 0.29) is 11.5 Å². The van der Waals surface area contributed by atoms with Gasteiger partial charge in [0.05, 0.1) is 24.5 Å². The Hall–Kier alpha value is -4.23. The van der Waals surface area contributed by atoms with E-state index < -0.39 is 17.8 Å². The van der Waals surface area contributed by atoms with E-state index in [2.05, 4.69) is 20.0 Å². The van der Waals surface area contributed by atoms with Gasteiger partial charge in [0, 0.05) is 37.6 Å². The normalized spacial score (nSPS) is 14.7. The first-order valence-corrected chi connectivity index (χ1v) is 11.4. The molecule has 0 radical (unpaired) electrons. The molecule has 0 atom stereocenters. The van der Waals surface area contributed by atoms with Crippen LogP contribution in [0.4, 0.5) is 35.3 Å². The number of morpholine rings is 1. The molecule has 0 bridgehead atoms. The first-order chi connectivity index (χ1) is 17.7. The molecule has 0 spiro atoms. The standard InChI is InChI=1S/C24H23F3N8O2/c25-24(26,27)17-5-6-30-19(11-17)35(23(29)36)18-3-1-15(2-4-18)20-16(12-33-7-9-37-10-8-33)13-34-21(20)22(28)31-14-32-34/h1-6,11,13-14H,7-10,12H2,(H2,29,36)(H2,28,31,32). The van der Waals surface area contributed by atoms with Gasteiger partial charge in [-0.25, -0.2) is 24.2 Å². The summed E-state index contributed by atoms with van der Waals surface area (Å²) in [5.41, 5.74) is 14.2. The smallest absolute Gasteiger partial charge is 0.382 e. The number of primary amides is 1. The van der Waals surface area contributed by atoms with Crippen LogP contribution < -0.4 is 16.4 Å². The monoisotopic (exact) mass is 512 g/mol. The molecule has 4 N–H and O–H groups in total. The predicted molar refractivity (Wildman–Crippen MR) is 130 cm³/mol. The molecule has 0 unspecified atom stereocenters. The van der Waals surface area contributed by atoms with Gasteiger partial charge < -0.3 is 16.2 Å². The highest BCUT2D eigenvalue weighted by Crippen LogP contribution is 2.36. The van der Waals surface area contributed by atoms with Gasteiger partial charge >= 0.3 is 12.2 Å². The Bertz CT molecular complexity index is 1430. The highest BCUT2D eigenvalue weighted by molar-refractivity contribution is 5.98. The van der Waals surface area contributed by atoms with Crippen molar-refractivity contribution >= 4 is 28.9 Å². The summed E-state index contributed by atoms with van der Waals surface area (Å²) in [6, 6.07) is 7.28. The Morgan fingerprint density at radius 3 is 2.51 bits per heavy atom. The minimum atomic E-state index is -4.60. The number of benzene rings is 1. The van der Waals surface area contributed by atoms with Crippen LogP contribution in [0.2, 0.25) is 0 Å². The van der Waals surface area contributed by atoms with Crippen LogP contribution in [-0.2, 0) is 17.5 Å². The summed E-state index contributed by atoms with van der Waals surface area (Å²) < 4.78 is 46.8. The predicted octanol–water partition coefficient (Wildman–Crippen LogP) is 3.44. The van der Waals surface area contributed by atoms with Crippen LogP contribution >= 0.6 is 0 Å². The third-order valence-electron chi connectivity index (χ3n) is 6.11. The molecule has 4 heterocycles. The van der Waals surface area contributed by atoms with E-state index in [1.807, 2.05) is 6.20 Å². The van der Waals surface area contributed by atoms with Crippen LogP contribution in [0.25, 0.3) is 16.6 Å². The molecule has 192 valence electrons. The lowest BCUT2D eigenvalue weighted by molar-refractivity contribution is -0.137. The first kappa shape index (κ1) is 24.5. The molecular weight excluding hydrogens is 489 g/mol. The zero-order valence-electron chi connectivity index (χ0n) is 19.5. The fourth-order valence-electron chi connectivity index (χ4n) is 4.39. The lowest BCUT2D eigenvalue weighted by Gasteiger charge is -2.26. The van der Waals surface area contributed by atoms with E-state index in [0.29, 0.717) is 31.1 Å². The van der Waals surface area contributed by atoms with Crippen molar-refractivity contribution in [3.05, 3.63) is 66.2 Å². The molecule has 1 aliphatic rings. The van der Waals surface area contributed by atoms with Gasteiger partial charge in [0.1, 0.15) is 17.7 Å². The van der Waals surface area contributed by atoms with Crippen LogP contribution in [0.3, 0.4) is 0 Å². The zero-order valence-corrected chi connectivity index (χ0v) is 19.5. The van der Waals surface area contributed by atoms with Crippen LogP contribution in [0.1, 0.15) is 11.1 Å². The average molecular weight is 512 g/mol. The molecule has 0 saturated carbocycles. The molecule has 2 amide bonds. The number of halogens is 3. The Kier molecular flexibility index (Phi) is 6.39. The maximum absolute atomic E-state index is 13.2. The maximum Gasteiger partial charge on any atom is 0.416 e. The third-order valence-corrected chi connectivity index (χ3v) is 6.11. The number of carbonyl (C=O) groups is 1. The highest BCUT2D eigenvalue weighted by Gasteiger charge is 2.32. The van der Waals surface area contributed by atoms with Crippen molar-refractivity contribution in [2.24, 2.45) is 5.73 Å². The summed E-state index contributed by atoms with van der Waals surface area (Å²) >= 11 is 0. The minimum Gasteiger partial charge on any atom is -0.382 e. The molecular formula is C24H23F3N8O2. The number of nitrogen functional groups attached to an aromatic ring is 1. The Morgan fingerprint density at radius 2 is 1.84 bits per heavy atom. The Labute approximate surface area is 209 Å². The molecule has 1 saturated heterocycles. The first-order valence-electron chi connectivity index (χ1n) is 11.4. The summed E-state index contributed by atoms with van der Waals surface area (Å²) in [4.78, 5) is 23.5. The molecule has 5 rings (SSSR count). The van der Waals surface area contributed by atoms with E-state index >= 15 is 0 Å². The summed E-state index contributed by atoms with van der Waals surface area (Å²) in [5, 5.41) is 4.29. The fraction of sp³-hybridized carbons (Fsp3) is 0.250. The van der Waals surface area contributed by atoms with Crippen LogP contribution in [-0.4, -0.2) is 56.8 Å². The largest absolute Gasteiger partial charge is 0.416 e. The van der Waals surface area contributed by atoms with Crippen molar-refractivity contribution in [3.63, 3.8) is 0 Å². The topological polar surface area (TPSA) is 128 Å². The number of amides is 2. The van der Waals surface area contributed by atoms with E-state index in [9.17, 15) is 18.0 Å². The molecule has 4 aromatic rings. The number of hydrogen-bond donors (Lipinski definition) is 2. The second-order valence-corrected chi connectivity index (χ2v) is 8.48. The highest BCUT2D eigenvalue weighted by atomic mass is 19.4. The zero-order chi connectivity index (χ0) is 26.2. The van der Waals surface area contributed by atoms with Crippen LogP contribution in [0.15, 0.2) is 55.1 Å². The third kappa shape index (κ3) is 4.90. The van der Waals surface area contributed by atoms with Crippen LogP contribution in [0.5, 0.6) is 0 Å². The summed E-state index contributed by atoms with van der Waals surface area (Å²) in [7, 11) is 0. The molecule has 13 heteroatoms. The Morgan fingerprint density at radius 1 is 1.11 bits per heavy atom. The van der Waals surface area contributed by atoms with Gasteiger partial charge in [0.2, 0.25) is 0 Å². The van der Waals surface area contributed by atoms with Gasteiger partial charge in [-0.15, -0.1) is 0 Å². The number of nitrogens with zero attached hydrogens (tertiary/aromatic N) is 6. The number of pyridine rings is 1. The Balaban J connectivity index is 1.54. The van der Waals surface area contributed by atoms with E-state index in [1.54, 1.807) is 28.8 Å². The van der Waals surface area contributed by atoms with E-state index in [4.69, 9.17) is 16.2 Å². The number of carbonyl (C=O) groups excluding carboxylic acids is 1. The number of hydrogen-bond acceptors (Lipinski definition) is 7. The van der Waals surface area contributed by atoms with Gasteiger partial charge in [-0.05, 0) is 35.4 Å². The molecule has 3 aromatic heterocycles. The van der Waals surface area contributed by atoms with Gasteiger partial charge in [0.15, 0.2) is 5.82 Å². The van der Waals surface area contributed by atoms with Gasteiger partial charge in [-0.3, -0.25) is 4.90 Å². The number of ether oxygens (including phenoxy) is 1. The van der Waals surface area contributed by atoms with Crippen molar-refractivity contribution < 1.29 is 22.7 Å². The molecule has 37 heavy (non-hydrogen) atoms. The number of fused-ring (bicyclic) bond motifs is 1. The minimum absolute atomic E-state index is 0.241. The fourth-order valence-corrected chi connectivity index (χ4v) is 4.39. The van der Waals surface area contributed by atoms with Crippen molar-refractivity contribution in [2.45, 2.75) is 12.7 Å². The molecule has 0 aliphatic carbocycles. The number of urea groups is 1. The quantitative estimate of drug-likeness (QED) is 0.419. The molecule has 10 nitrogen and oxygen atoms in total. The number of anilines is 3. The van der Waals surface area contributed by atoms with Crippen molar-refractivity contribution in [2.75, 3.05) is 36.9 Å². The van der Waals surface area contributed by atoms with Gasteiger partial charge in [0.25, 0.3) is 0 Å². The molecule has 1 aliphatic heterocycles. The number of alkyl halides is 3. The second-order valence-electron chi connectivity index (χ2n) is 8.48. The van der Waals surface area contributed by atoms with Crippen molar-refractivity contribution in [3.8, 4) is 11.1 Å². The van der Waals surface area contributed by atoms with E-state index in [1.165, 1.54) is 6.33 Å². The van der Waals surface area contributed by atoms with Crippen LogP contribution in [0, 0.1) is 0 Å². The lowest BCUT2D eigenvalue weighted by atomic mass is 10.0. The molecule has 1 fully saturated rings. The lowest BCUT2D eigenvalue weighted by Crippen LogP contribution is -2.35. The van der Waals surface area contributed by atoms with Crippen molar-refractivity contribution in [1.29, 1.82) is 0 Å². The molecule has 1 aromatic carbocycles. The summed E-state index contributed by atoms with van der Waals surface area (Å²) in [6.07, 6.45) is -0.342. The van der Waals surface area contributed by atoms with Gasteiger partial charge in [-0.2, -0.15) is 18.3 Å². The number of nitrogens with two attached hydrogens (primary N) is 2. The number of rotatable bonds is 5. The number of aromatic nitrogens is 4. The maximum atomic E-state index is 13.2. The summed E-state index contributed by atoms with van der Waals surface area (Å²) in [5.74, 6) is 0.0595. The van der Waals surface area contributed by atoms with E-state index in [0.717, 1.165) is 53.0 Å². The average Bonchev–Trinajstić information content (AvgIpc) is 3.24.